The number of hydrogen-bond acceptors (Lipinski definition) is 6. The van der Waals surface area contributed by atoms with E-state index in [-0.39, 0.29) is 16.6 Å². The zero-order valence-corrected chi connectivity index (χ0v) is 18.8. The van der Waals surface area contributed by atoms with E-state index in [0.717, 1.165) is 24.2 Å². The molecule has 0 fully saturated rings. The minimum Gasteiger partial charge on any atom is -0.493 e. The highest BCUT2D eigenvalue weighted by molar-refractivity contribution is 7.14. The molecule has 2 heterocycles. The first-order valence-electron chi connectivity index (χ1n) is 10.7. The molecule has 31 heavy (non-hydrogen) atoms. The second kappa shape index (κ2) is 11.6. The van der Waals surface area contributed by atoms with E-state index in [4.69, 9.17) is 4.74 Å². The number of aromatic nitrogens is 2. The Bertz CT molecular complexity index is 992. The van der Waals surface area contributed by atoms with E-state index < -0.39 is 0 Å². The van der Waals surface area contributed by atoms with Crippen molar-refractivity contribution in [3.05, 3.63) is 53.4 Å². The fourth-order valence-corrected chi connectivity index (χ4v) is 3.97. The predicted octanol–water partition coefficient (Wildman–Crippen LogP) is 7.03. The van der Waals surface area contributed by atoms with Crippen LogP contribution >= 0.6 is 11.3 Å². The van der Waals surface area contributed by atoms with Gasteiger partial charge in [0.05, 0.1) is 12.2 Å². The molecule has 3 aromatic rings. The highest BCUT2D eigenvalue weighted by atomic mass is 32.1. The largest absolute Gasteiger partial charge is 0.493 e. The van der Waals surface area contributed by atoms with Crippen LogP contribution in [0.2, 0.25) is 0 Å². The Hall–Kier alpha value is -2.80. The summed E-state index contributed by atoms with van der Waals surface area (Å²) in [7, 11) is 0. The number of carbonyl (C=O) groups is 1. The summed E-state index contributed by atoms with van der Waals surface area (Å²) in [6.07, 6.45) is 10.3. The molecule has 164 valence electrons. The van der Waals surface area contributed by atoms with Crippen LogP contribution in [-0.4, -0.2) is 22.4 Å². The molecular formula is C24H28FN3O2S. The van der Waals surface area contributed by atoms with Gasteiger partial charge in [-0.15, -0.1) is 0 Å². The first kappa shape index (κ1) is 22.9. The van der Waals surface area contributed by atoms with Crippen LogP contribution < -0.4 is 10.1 Å². The summed E-state index contributed by atoms with van der Waals surface area (Å²) in [5.41, 5.74) is 2.03. The van der Waals surface area contributed by atoms with Gasteiger partial charge in [0.15, 0.2) is 10.9 Å². The van der Waals surface area contributed by atoms with Gasteiger partial charge in [0, 0.05) is 23.6 Å². The number of halogens is 1. The number of nitrogens with zero attached hydrogens (tertiary/aromatic N) is 2. The molecule has 0 saturated carbocycles. The molecule has 0 aliphatic heterocycles. The SMILES string of the molecule is CCCCCCCCOc1ccc(Nc2nc(-c3cccnc3)c(F)s2)cc1C(C)=O. The topological polar surface area (TPSA) is 64.1 Å². The van der Waals surface area contributed by atoms with Crippen molar-refractivity contribution in [1.29, 1.82) is 0 Å². The van der Waals surface area contributed by atoms with Gasteiger partial charge in [-0.3, -0.25) is 9.78 Å². The van der Waals surface area contributed by atoms with Crippen LogP contribution in [-0.2, 0) is 0 Å². The number of benzene rings is 1. The summed E-state index contributed by atoms with van der Waals surface area (Å²) in [6.45, 7) is 4.31. The van der Waals surface area contributed by atoms with E-state index in [1.807, 2.05) is 6.07 Å². The maximum atomic E-state index is 14.4. The van der Waals surface area contributed by atoms with Crippen LogP contribution in [0.25, 0.3) is 11.3 Å². The molecule has 0 atom stereocenters. The lowest BCUT2D eigenvalue weighted by molar-refractivity contribution is 0.101. The van der Waals surface area contributed by atoms with Crippen LogP contribution in [0.5, 0.6) is 5.75 Å². The van der Waals surface area contributed by atoms with Crippen LogP contribution in [0.15, 0.2) is 42.7 Å². The summed E-state index contributed by atoms with van der Waals surface area (Å²) in [5, 5.41) is 3.11. The predicted molar refractivity (Wildman–Crippen MR) is 124 cm³/mol. The van der Waals surface area contributed by atoms with Gasteiger partial charge in [0.1, 0.15) is 11.4 Å². The Morgan fingerprint density at radius 1 is 1.16 bits per heavy atom. The van der Waals surface area contributed by atoms with E-state index in [0.29, 0.717) is 34.3 Å². The Balaban J connectivity index is 1.64. The molecule has 0 spiro atoms. The Kier molecular flexibility index (Phi) is 8.53. The van der Waals surface area contributed by atoms with Crippen molar-refractivity contribution in [3.63, 3.8) is 0 Å². The van der Waals surface area contributed by atoms with Gasteiger partial charge < -0.3 is 10.1 Å². The number of ketones is 1. The number of nitrogens with one attached hydrogen (secondary N) is 1. The third-order valence-electron chi connectivity index (χ3n) is 4.89. The second-order valence-electron chi connectivity index (χ2n) is 7.39. The molecule has 0 bridgehead atoms. The van der Waals surface area contributed by atoms with Crippen molar-refractivity contribution < 1.29 is 13.9 Å². The molecule has 1 aromatic carbocycles. The molecular weight excluding hydrogens is 413 g/mol. The number of anilines is 2. The zero-order valence-electron chi connectivity index (χ0n) is 18.0. The number of pyridine rings is 1. The molecule has 2 aromatic heterocycles. The molecule has 0 aliphatic rings. The van der Waals surface area contributed by atoms with Crippen LogP contribution in [0.1, 0.15) is 62.7 Å². The quantitative estimate of drug-likeness (QED) is 0.241. The number of rotatable bonds is 12. The normalized spacial score (nSPS) is 10.8. The van der Waals surface area contributed by atoms with E-state index in [1.54, 1.807) is 36.7 Å². The van der Waals surface area contributed by atoms with Gasteiger partial charge in [0.2, 0.25) is 5.13 Å². The summed E-state index contributed by atoms with van der Waals surface area (Å²) in [6, 6.07) is 8.82. The fourth-order valence-electron chi connectivity index (χ4n) is 3.23. The summed E-state index contributed by atoms with van der Waals surface area (Å²) in [5.74, 6) is 0.496. The van der Waals surface area contributed by atoms with Crippen molar-refractivity contribution in [3.8, 4) is 17.0 Å². The van der Waals surface area contributed by atoms with Crippen molar-refractivity contribution in [1.82, 2.24) is 9.97 Å². The summed E-state index contributed by atoms with van der Waals surface area (Å²) in [4.78, 5) is 20.5. The van der Waals surface area contributed by atoms with E-state index in [1.165, 1.54) is 32.6 Å². The standard InChI is InChI=1S/C24H28FN3O2S/c1-3-4-5-6-7-8-14-30-21-12-11-19(15-20(21)17(2)29)27-24-28-22(23(25)31-24)18-10-9-13-26-16-18/h9-13,15-16H,3-8,14H2,1-2H3,(H,27,28). The first-order valence-corrected chi connectivity index (χ1v) is 11.5. The molecule has 7 heteroatoms. The summed E-state index contributed by atoms with van der Waals surface area (Å²) < 4.78 is 20.2. The van der Waals surface area contributed by atoms with Crippen molar-refractivity contribution in [2.24, 2.45) is 0 Å². The average molecular weight is 442 g/mol. The highest BCUT2D eigenvalue weighted by Gasteiger charge is 2.15. The molecule has 5 nitrogen and oxygen atoms in total. The lowest BCUT2D eigenvalue weighted by atomic mass is 10.1. The van der Waals surface area contributed by atoms with E-state index >= 15 is 0 Å². The Morgan fingerprint density at radius 2 is 1.97 bits per heavy atom. The second-order valence-corrected chi connectivity index (χ2v) is 8.34. The molecule has 3 rings (SSSR count). The van der Waals surface area contributed by atoms with Gasteiger partial charge in [-0.05, 0) is 43.7 Å². The van der Waals surface area contributed by atoms with Crippen LogP contribution in [0.3, 0.4) is 0 Å². The van der Waals surface area contributed by atoms with Gasteiger partial charge in [0.25, 0.3) is 0 Å². The highest BCUT2D eigenvalue weighted by Crippen LogP contribution is 2.32. The Morgan fingerprint density at radius 3 is 2.71 bits per heavy atom. The van der Waals surface area contributed by atoms with Crippen LogP contribution in [0.4, 0.5) is 15.2 Å². The number of ether oxygens (including phenoxy) is 1. The third-order valence-corrected chi connectivity index (χ3v) is 5.65. The molecule has 0 amide bonds. The van der Waals surface area contributed by atoms with Crippen molar-refractivity contribution >= 4 is 27.9 Å². The Labute approximate surface area is 186 Å². The number of carbonyl (C=O) groups excluding carboxylic acids is 1. The van der Waals surface area contributed by atoms with Gasteiger partial charge in [-0.2, -0.15) is 4.39 Å². The lowest BCUT2D eigenvalue weighted by Crippen LogP contribution is -2.04. The third kappa shape index (κ3) is 6.59. The maximum absolute atomic E-state index is 14.4. The number of Topliss-reactive ketones (excluding diaryl/α,β-unsaturated/α-hetero) is 1. The molecule has 0 saturated heterocycles. The van der Waals surface area contributed by atoms with Crippen LogP contribution in [0, 0.1) is 5.13 Å². The maximum Gasteiger partial charge on any atom is 0.206 e. The van der Waals surface area contributed by atoms with Gasteiger partial charge in [-0.25, -0.2) is 4.98 Å². The van der Waals surface area contributed by atoms with Crippen molar-refractivity contribution in [2.75, 3.05) is 11.9 Å². The van der Waals surface area contributed by atoms with E-state index in [2.05, 4.69) is 22.2 Å². The van der Waals surface area contributed by atoms with Crippen molar-refractivity contribution in [2.45, 2.75) is 52.4 Å². The number of thiazole rings is 1. The first-order chi connectivity index (χ1) is 15.1. The number of hydrogen-bond donors (Lipinski definition) is 1. The average Bonchev–Trinajstić information content (AvgIpc) is 3.14. The number of unbranched alkanes of at least 4 members (excludes halogenated alkanes) is 5. The molecule has 1 N–H and O–H groups in total. The smallest absolute Gasteiger partial charge is 0.206 e. The lowest BCUT2D eigenvalue weighted by Gasteiger charge is -2.12. The molecule has 0 aliphatic carbocycles. The monoisotopic (exact) mass is 441 g/mol. The zero-order chi connectivity index (χ0) is 22.1. The van der Waals surface area contributed by atoms with E-state index in [9.17, 15) is 9.18 Å². The van der Waals surface area contributed by atoms with Gasteiger partial charge >= 0.3 is 0 Å². The fraction of sp³-hybridized carbons (Fsp3) is 0.375. The minimum absolute atomic E-state index is 0.0806. The summed E-state index contributed by atoms with van der Waals surface area (Å²) >= 11 is 0.914. The van der Waals surface area contributed by atoms with Gasteiger partial charge in [-0.1, -0.05) is 50.4 Å². The molecule has 0 radical (unpaired) electrons. The molecule has 0 unspecified atom stereocenters. The minimum atomic E-state index is -0.388.